The Kier molecular flexibility index (Phi) is 36.6. The molecule has 0 aromatic rings. The van der Waals surface area contributed by atoms with E-state index in [1.165, 1.54) is 135 Å². The van der Waals surface area contributed by atoms with Gasteiger partial charge in [0.1, 0.15) is 61.0 Å². The van der Waals surface area contributed by atoms with Crippen molar-refractivity contribution in [2.45, 2.75) is 305 Å². The van der Waals surface area contributed by atoms with E-state index in [0.717, 1.165) is 44.9 Å². The molecule has 14 atom stereocenters. The number of hydrogen-bond acceptors (Lipinski definition) is 15. The number of amides is 1. The first-order valence-electron chi connectivity index (χ1n) is 27.5. The fourth-order valence-electron chi connectivity index (χ4n) is 9.42. The van der Waals surface area contributed by atoms with Crippen LogP contribution < -0.4 is 5.32 Å². The molecule has 16 heteroatoms. The highest BCUT2D eigenvalue weighted by Crippen LogP contribution is 2.31. The third-order valence-corrected chi connectivity index (χ3v) is 14.0. The van der Waals surface area contributed by atoms with Gasteiger partial charge in [-0.15, -0.1) is 0 Å². The molecular formula is C52H101NO15. The second-order valence-electron chi connectivity index (χ2n) is 20.0. The maximum absolute atomic E-state index is 13.4. The van der Waals surface area contributed by atoms with Crippen molar-refractivity contribution >= 4 is 5.91 Å². The zero-order valence-electron chi connectivity index (χ0n) is 42.3. The van der Waals surface area contributed by atoms with E-state index in [1.54, 1.807) is 0 Å². The average molecular weight is 980 g/mol. The maximum Gasteiger partial charge on any atom is 0.249 e. The van der Waals surface area contributed by atoms with Crippen LogP contribution in [0.15, 0.2) is 0 Å². The Morgan fingerprint density at radius 1 is 0.529 bits per heavy atom. The van der Waals surface area contributed by atoms with Gasteiger partial charge < -0.3 is 75.3 Å². The van der Waals surface area contributed by atoms with Crippen molar-refractivity contribution in [2.75, 3.05) is 19.8 Å². The number of carbonyl (C=O) groups excluding carboxylic acids is 1. The van der Waals surface area contributed by atoms with Crippen LogP contribution in [0.3, 0.4) is 0 Å². The highest BCUT2D eigenvalue weighted by Gasteiger charge is 2.52. The van der Waals surface area contributed by atoms with Gasteiger partial charge in [-0.1, -0.05) is 206 Å². The minimum absolute atomic E-state index is 0.204. The van der Waals surface area contributed by atoms with Crippen LogP contribution in [0.5, 0.6) is 0 Å². The lowest BCUT2D eigenvalue weighted by molar-refractivity contribution is -0.332. The summed E-state index contributed by atoms with van der Waals surface area (Å²) in [6.45, 7) is 2.37. The molecule has 11 N–H and O–H groups in total. The number of carbonyl (C=O) groups is 1. The summed E-state index contributed by atoms with van der Waals surface area (Å²) in [5, 5.41) is 108. The Labute approximate surface area is 409 Å². The third-order valence-electron chi connectivity index (χ3n) is 14.0. The number of hydrogen-bond donors (Lipinski definition) is 11. The molecule has 0 aliphatic carbocycles. The highest BCUT2D eigenvalue weighted by molar-refractivity contribution is 5.80. The second kappa shape index (κ2) is 39.4. The smallest absolute Gasteiger partial charge is 0.249 e. The summed E-state index contributed by atoms with van der Waals surface area (Å²) in [4.78, 5) is 13.4. The minimum Gasteiger partial charge on any atom is -0.394 e. The first-order chi connectivity index (χ1) is 32.9. The molecule has 2 heterocycles. The molecule has 68 heavy (non-hydrogen) atoms. The molecule has 0 radical (unpaired) electrons. The second-order valence-corrected chi connectivity index (χ2v) is 20.0. The van der Waals surface area contributed by atoms with Crippen molar-refractivity contribution in [3.63, 3.8) is 0 Å². The number of aliphatic hydroxyl groups excluding tert-OH is 10. The van der Waals surface area contributed by atoms with Gasteiger partial charge >= 0.3 is 0 Å². The summed E-state index contributed by atoms with van der Waals surface area (Å²) in [5.41, 5.74) is 0. The molecular weight excluding hydrogens is 879 g/mol. The molecule has 0 unspecified atom stereocenters. The van der Waals surface area contributed by atoms with Crippen LogP contribution >= 0.6 is 0 Å². The van der Waals surface area contributed by atoms with E-state index in [1.807, 2.05) is 0 Å². The topological polar surface area (TPSA) is 268 Å². The predicted molar refractivity (Wildman–Crippen MR) is 261 cm³/mol. The molecule has 0 bridgehead atoms. The fourth-order valence-corrected chi connectivity index (χ4v) is 9.42. The summed E-state index contributed by atoms with van der Waals surface area (Å²) in [6, 6.07) is -1.28. The van der Waals surface area contributed by atoms with Gasteiger partial charge in [0.15, 0.2) is 12.6 Å². The van der Waals surface area contributed by atoms with Crippen LogP contribution in [0.2, 0.25) is 0 Å². The Morgan fingerprint density at radius 2 is 0.956 bits per heavy atom. The molecule has 2 fully saturated rings. The van der Waals surface area contributed by atoms with Crippen LogP contribution in [0.4, 0.5) is 0 Å². The summed E-state index contributed by atoms with van der Waals surface area (Å²) in [7, 11) is 0. The highest BCUT2D eigenvalue weighted by atomic mass is 16.7. The molecule has 2 aliphatic rings. The van der Waals surface area contributed by atoms with E-state index >= 15 is 0 Å². The van der Waals surface area contributed by atoms with E-state index in [9.17, 15) is 55.9 Å². The predicted octanol–water partition coefficient (Wildman–Crippen LogP) is 5.72. The monoisotopic (exact) mass is 980 g/mol. The summed E-state index contributed by atoms with van der Waals surface area (Å²) in [5.74, 6) is -0.762. The van der Waals surface area contributed by atoms with Crippen molar-refractivity contribution in [3.05, 3.63) is 0 Å². The zero-order chi connectivity index (χ0) is 49.9. The lowest BCUT2D eigenvalue weighted by Gasteiger charge is -2.43. The maximum atomic E-state index is 13.4. The summed E-state index contributed by atoms with van der Waals surface area (Å²) < 4.78 is 22.6. The largest absolute Gasteiger partial charge is 0.394 e. The fraction of sp³-hybridized carbons (Fsp3) is 0.981. The van der Waals surface area contributed by atoms with Crippen molar-refractivity contribution in [3.8, 4) is 0 Å². The van der Waals surface area contributed by atoms with Crippen molar-refractivity contribution in [1.29, 1.82) is 0 Å². The number of unbranched alkanes of at least 4 members (excludes halogenated alkanes) is 28. The number of nitrogens with one attached hydrogen (secondary N) is 1. The van der Waals surface area contributed by atoms with Crippen LogP contribution in [0.25, 0.3) is 0 Å². The first kappa shape index (κ1) is 63.0. The summed E-state index contributed by atoms with van der Waals surface area (Å²) in [6.07, 6.45) is 15.6. The molecule has 0 aromatic carbocycles. The van der Waals surface area contributed by atoms with Crippen LogP contribution in [0, 0.1) is 0 Å². The molecule has 0 saturated carbocycles. The van der Waals surface area contributed by atoms with E-state index in [0.29, 0.717) is 12.8 Å². The van der Waals surface area contributed by atoms with Crippen LogP contribution in [-0.4, -0.2) is 163 Å². The lowest BCUT2D eigenvalue weighted by Crippen LogP contribution is -2.62. The van der Waals surface area contributed by atoms with Crippen molar-refractivity contribution in [1.82, 2.24) is 5.32 Å². The minimum atomic E-state index is -1.82. The molecule has 16 nitrogen and oxygen atoms in total. The van der Waals surface area contributed by atoms with Crippen molar-refractivity contribution in [2.24, 2.45) is 0 Å². The third kappa shape index (κ3) is 25.5. The molecule has 404 valence electrons. The lowest BCUT2D eigenvalue weighted by atomic mass is 9.98. The quantitative estimate of drug-likeness (QED) is 0.0326. The molecule has 0 aromatic heterocycles. The van der Waals surface area contributed by atoms with E-state index in [4.69, 9.17) is 18.9 Å². The van der Waals surface area contributed by atoms with E-state index in [-0.39, 0.29) is 12.8 Å². The Balaban J connectivity index is 1.87. The molecule has 2 saturated heterocycles. The summed E-state index contributed by atoms with van der Waals surface area (Å²) >= 11 is 0. The first-order valence-corrected chi connectivity index (χ1v) is 27.5. The number of rotatable bonds is 44. The standard InChI is InChI=1S/C52H101NO15/c1-3-5-7-9-11-13-15-16-17-18-19-20-21-22-24-26-28-30-32-34-40(57)50(64)53-38(43(59)39(56)33-31-29-27-25-23-14-12-10-8-6-4-2)37-65-51-47(63)49(44(60)42(36-55)66-51)68-52-46(62)45(61)48(67-52)41(58)35-54/h38-49,51-52,54-63H,3-37H2,1-2H3,(H,53,64)/t38-,39+,40+,41+,42+,43-,44-,45+,46+,47+,48-,49-,51-,52-/m0/s1. The Hall–Kier alpha value is -1.09. The van der Waals surface area contributed by atoms with Gasteiger partial charge in [-0.05, 0) is 12.8 Å². The van der Waals surface area contributed by atoms with Crippen molar-refractivity contribution < 1.29 is 74.8 Å². The Morgan fingerprint density at radius 3 is 1.38 bits per heavy atom. The van der Waals surface area contributed by atoms with Gasteiger partial charge in [-0.2, -0.15) is 0 Å². The zero-order valence-corrected chi connectivity index (χ0v) is 42.3. The van der Waals surface area contributed by atoms with E-state index < -0.39 is 111 Å². The van der Waals surface area contributed by atoms with Gasteiger partial charge in [0, 0.05) is 0 Å². The van der Waals surface area contributed by atoms with Crippen LogP contribution in [-0.2, 0) is 23.7 Å². The normalized spacial score (nSPS) is 26.4. The molecule has 2 aliphatic heterocycles. The number of aliphatic hydroxyl groups is 10. The van der Waals surface area contributed by atoms with Gasteiger partial charge in [0.05, 0.1) is 32.0 Å². The number of ether oxygens (including phenoxy) is 4. The molecule has 0 spiro atoms. The SMILES string of the molecule is CCCCCCCCCCCCCCCCCCCCC[C@@H](O)C(=O)N[C@@H](CO[C@H]1O[C@H](CO)[C@H](O)[C@H](O[C@@H]2O[C@@H]([C@H](O)CO)[C@H](O)[C@H]2O)[C@H]1O)[C@H](O)[C@H](O)CCCCCCCCCCCCC. The van der Waals surface area contributed by atoms with Gasteiger partial charge in [0.25, 0.3) is 0 Å². The molecule has 2 rings (SSSR count). The van der Waals surface area contributed by atoms with E-state index in [2.05, 4.69) is 19.2 Å². The van der Waals surface area contributed by atoms with Gasteiger partial charge in [-0.3, -0.25) is 4.79 Å². The molecule has 1 amide bonds. The van der Waals surface area contributed by atoms with Crippen LogP contribution in [0.1, 0.15) is 219 Å². The van der Waals surface area contributed by atoms with Gasteiger partial charge in [-0.25, -0.2) is 0 Å². The Bertz CT molecular complexity index is 1190. The van der Waals surface area contributed by atoms with Gasteiger partial charge in [0.2, 0.25) is 5.91 Å². The average Bonchev–Trinajstić information content (AvgIpc) is 3.62.